The van der Waals surface area contributed by atoms with Crippen LogP contribution in [0.1, 0.15) is 39.5 Å². The van der Waals surface area contributed by atoms with Crippen LogP contribution >= 0.6 is 0 Å². The summed E-state index contributed by atoms with van der Waals surface area (Å²) in [7, 11) is 0. The van der Waals surface area contributed by atoms with Gasteiger partial charge in [-0.3, -0.25) is 0 Å². The van der Waals surface area contributed by atoms with E-state index in [0.29, 0.717) is 0 Å². The fraction of sp³-hybridized carbons (Fsp3) is 0.667. The van der Waals surface area contributed by atoms with Crippen molar-refractivity contribution in [3.05, 3.63) is 23.3 Å². The fourth-order valence-corrected chi connectivity index (χ4v) is 1.75. The predicted molar refractivity (Wildman–Crippen MR) is 58.0 cm³/mol. The van der Waals surface area contributed by atoms with Gasteiger partial charge in [0.05, 0.1) is 12.2 Å². The minimum absolute atomic E-state index is 0.0694. The van der Waals surface area contributed by atoms with E-state index in [1.165, 1.54) is 11.1 Å². The lowest BCUT2D eigenvalue weighted by atomic mass is 10.2. The van der Waals surface area contributed by atoms with Crippen molar-refractivity contribution in [1.29, 1.82) is 0 Å². The van der Waals surface area contributed by atoms with Gasteiger partial charge in [0.25, 0.3) is 0 Å². The molecular weight excluding hydrogens is 176 g/mol. The highest BCUT2D eigenvalue weighted by Crippen LogP contribution is 2.16. The molecule has 0 saturated carbocycles. The van der Waals surface area contributed by atoms with Crippen molar-refractivity contribution in [2.24, 2.45) is 0 Å². The summed E-state index contributed by atoms with van der Waals surface area (Å²) in [5, 5.41) is 17.7. The molecule has 80 valence electrons. The molecule has 2 rings (SSSR count). The first-order chi connectivity index (χ1) is 6.58. The van der Waals surface area contributed by atoms with Gasteiger partial charge in [-0.25, -0.2) is 0 Å². The Morgan fingerprint density at radius 1 is 1.21 bits per heavy atom. The van der Waals surface area contributed by atoms with Gasteiger partial charge < -0.3 is 10.2 Å². The lowest BCUT2D eigenvalue weighted by molar-refractivity contribution is 0.188. The number of hydrogen-bond donors (Lipinski definition) is 2. The molecule has 14 heavy (non-hydrogen) atoms. The zero-order valence-electron chi connectivity index (χ0n) is 9.03. The first kappa shape index (κ1) is 11.5. The summed E-state index contributed by atoms with van der Waals surface area (Å²) in [5.74, 6) is 0. The van der Waals surface area contributed by atoms with Gasteiger partial charge in [0.2, 0.25) is 0 Å². The van der Waals surface area contributed by atoms with Gasteiger partial charge in [-0.1, -0.05) is 23.3 Å². The Balaban J connectivity index is 0.000000140. The maximum Gasteiger partial charge on any atom is 0.0726 e. The van der Waals surface area contributed by atoms with Crippen molar-refractivity contribution >= 4 is 0 Å². The Kier molecular flexibility index (Phi) is 4.36. The third-order valence-electron chi connectivity index (χ3n) is 2.61. The highest BCUT2D eigenvalue weighted by Gasteiger charge is 2.08. The highest BCUT2D eigenvalue weighted by molar-refractivity contribution is 5.08. The van der Waals surface area contributed by atoms with Gasteiger partial charge in [0.1, 0.15) is 0 Å². The van der Waals surface area contributed by atoms with Crippen LogP contribution in [-0.4, -0.2) is 22.4 Å². The Morgan fingerprint density at radius 2 is 1.93 bits per heavy atom. The summed E-state index contributed by atoms with van der Waals surface area (Å²) < 4.78 is 0. The van der Waals surface area contributed by atoms with E-state index in [-0.39, 0.29) is 12.2 Å². The van der Waals surface area contributed by atoms with E-state index in [9.17, 15) is 0 Å². The van der Waals surface area contributed by atoms with E-state index >= 15 is 0 Å². The molecule has 2 nitrogen and oxygen atoms in total. The van der Waals surface area contributed by atoms with Gasteiger partial charge in [-0.15, -0.1) is 0 Å². The zero-order valence-corrected chi connectivity index (χ0v) is 9.03. The van der Waals surface area contributed by atoms with E-state index in [1.54, 1.807) is 0 Å². The van der Waals surface area contributed by atoms with Gasteiger partial charge in [-0.2, -0.15) is 0 Å². The van der Waals surface area contributed by atoms with Crippen LogP contribution in [0.3, 0.4) is 0 Å². The SMILES string of the molecule is CC1=CC(O)CC1.CC1=CCC(O)C1. The average Bonchev–Trinajstić information content (AvgIpc) is 2.63. The summed E-state index contributed by atoms with van der Waals surface area (Å²) in [6, 6.07) is 0. The second-order valence-corrected chi connectivity index (χ2v) is 4.26. The molecule has 0 aromatic rings. The molecule has 0 aliphatic heterocycles. The topological polar surface area (TPSA) is 40.5 Å². The van der Waals surface area contributed by atoms with Crippen molar-refractivity contribution in [3.63, 3.8) is 0 Å². The minimum atomic E-state index is -0.139. The standard InChI is InChI=1S/2C6H10O/c2*1-5-2-3-6(7)4-5/h4,6-7H,2-3H2,1H3;2,6-7H,3-4H2,1H3. The molecule has 0 spiro atoms. The van der Waals surface area contributed by atoms with Crippen LogP contribution in [0.5, 0.6) is 0 Å². The monoisotopic (exact) mass is 196 g/mol. The maximum atomic E-state index is 8.85. The van der Waals surface area contributed by atoms with Gasteiger partial charge in [0, 0.05) is 0 Å². The van der Waals surface area contributed by atoms with Gasteiger partial charge in [-0.05, 0) is 39.5 Å². The molecule has 2 N–H and O–H groups in total. The van der Waals surface area contributed by atoms with Crippen LogP contribution in [0.4, 0.5) is 0 Å². The minimum Gasteiger partial charge on any atom is -0.392 e. The smallest absolute Gasteiger partial charge is 0.0726 e. The van der Waals surface area contributed by atoms with Crippen molar-refractivity contribution < 1.29 is 10.2 Å². The number of rotatable bonds is 0. The molecule has 2 aliphatic carbocycles. The third-order valence-corrected chi connectivity index (χ3v) is 2.61. The number of aliphatic hydroxyl groups excluding tert-OH is 2. The molecule has 0 radical (unpaired) electrons. The lowest BCUT2D eigenvalue weighted by Crippen LogP contribution is -1.97. The zero-order chi connectivity index (χ0) is 10.6. The van der Waals surface area contributed by atoms with Crippen LogP contribution in [0.15, 0.2) is 23.3 Å². The molecule has 0 heterocycles. The summed E-state index contributed by atoms with van der Waals surface area (Å²) in [5.41, 5.74) is 2.65. The van der Waals surface area contributed by atoms with Crippen LogP contribution in [0.2, 0.25) is 0 Å². The Morgan fingerprint density at radius 3 is 2.07 bits per heavy atom. The van der Waals surface area contributed by atoms with E-state index in [0.717, 1.165) is 25.7 Å². The van der Waals surface area contributed by atoms with E-state index in [1.807, 2.05) is 6.08 Å². The van der Waals surface area contributed by atoms with Crippen LogP contribution < -0.4 is 0 Å². The number of allylic oxidation sites excluding steroid dienone is 1. The van der Waals surface area contributed by atoms with Crippen molar-refractivity contribution in [1.82, 2.24) is 0 Å². The molecule has 0 amide bonds. The second-order valence-electron chi connectivity index (χ2n) is 4.26. The second kappa shape index (κ2) is 5.32. The summed E-state index contributed by atoms with van der Waals surface area (Å²) in [6.07, 6.45) is 7.57. The van der Waals surface area contributed by atoms with E-state index in [2.05, 4.69) is 19.9 Å². The Bertz CT molecular complexity index is 241. The molecule has 0 fully saturated rings. The van der Waals surface area contributed by atoms with Crippen LogP contribution in [-0.2, 0) is 0 Å². The molecule has 2 atom stereocenters. The Hall–Kier alpha value is -0.600. The highest BCUT2D eigenvalue weighted by atomic mass is 16.3. The lowest BCUT2D eigenvalue weighted by Gasteiger charge is -1.94. The largest absolute Gasteiger partial charge is 0.392 e. The van der Waals surface area contributed by atoms with Gasteiger partial charge >= 0.3 is 0 Å². The number of aliphatic hydroxyl groups is 2. The van der Waals surface area contributed by atoms with Crippen LogP contribution in [0, 0.1) is 0 Å². The molecule has 2 heteroatoms. The van der Waals surface area contributed by atoms with Crippen molar-refractivity contribution in [3.8, 4) is 0 Å². The van der Waals surface area contributed by atoms with E-state index < -0.39 is 0 Å². The molecule has 2 unspecified atom stereocenters. The summed E-state index contributed by atoms with van der Waals surface area (Å²) in [4.78, 5) is 0. The molecule has 2 aliphatic rings. The first-order valence-electron chi connectivity index (χ1n) is 5.27. The molecule has 0 bridgehead atoms. The summed E-state index contributed by atoms with van der Waals surface area (Å²) in [6.45, 7) is 4.10. The molecule has 0 aromatic heterocycles. The van der Waals surface area contributed by atoms with Crippen molar-refractivity contribution in [2.75, 3.05) is 0 Å². The average molecular weight is 196 g/mol. The predicted octanol–water partition coefficient (Wildman–Crippen LogP) is 2.17. The quantitative estimate of drug-likeness (QED) is 0.583. The van der Waals surface area contributed by atoms with Crippen LogP contribution in [0.25, 0.3) is 0 Å². The molecule has 0 saturated heterocycles. The van der Waals surface area contributed by atoms with E-state index in [4.69, 9.17) is 10.2 Å². The maximum absolute atomic E-state index is 8.85. The summed E-state index contributed by atoms with van der Waals surface area (Å²) >= 11 is 0. The van der Waals surface area contributed by atoms with Crippen molar-refractivity contribution in [2.45, 2.75) is 51.7 Å². The number of hydrogen-bond acceptors (Lipinski definition) is 2. The molecular formula is C12H20O2. The van der Waals surface area contributed by atoms with Gasteiger partial charge in [0.15, 0.2) is 0 Å². The Labute approximate surface area is 86.0 Å². The fourth-order valence-electron chi connectivity index (χ4n) is 1.75. The first-order valence-corrected chi connectivity index (χ1v) is 5.27. The normalized spacial score (nSPS) is 30.6. The third kappa shape index (κ3) is 4.07. The molecule has 0 aromatic carbocycles.